The maximum Gasteiger partial charge on any atom is 0.119 e. The summed E-state index contributed by atoms with van der Waals surface area (Å²) in [4.78, 5) is 2.74. The van der Waals surface area contributed by atoms with Gasteiger partial charge in [0.1, 0.15) is 11.2 Å². The fraction of sp³-hybridized carbons (Fsp3) is 0.387. The lowest BCUT2D eigenvalue weighted by Gasteiger charge is -2.41. The van der Waals surface area contributed by atoms with E-state index >= 15 is 0 Å². The first-order chi connectivity index (χ1) is 16.8. The molecule has 2 saturated heterocycles. The molecule has 3 aromatic rings. The molecule has 2 atom stereocenters. The van der Waals surface area contributed by atoms with Crippen LogP contribution in [0.1, 0.15) is 49.7 Å². The Bertz CT molecular complexity index is 1020. The molecular weight excluding hydrogens is 416 g/mol. The van der Waals surface area contributed by atoms with Crippen LogP contribution in [0.2, 0.25) is 0 Å². The Hall–Kier alpha value is -3.09. The predicted octanol–water partition coefficient (Wildman–Crippen LogP) is 6.60. The highest BCUT2D eigenvalue weighted by atomic mass is 16.5. The van der Waals surface area contributed by atoms with Gasteiger partial charge in [-0.3, -0.25) is 4.90 Å². The van der Waals surface area contributed by atoms with Gasteiger partial charge in [-0.1, -0.05) is 78.9 Å². The van der Waals surface area contributed by atoms with E-state index in [2.05, 4.69) is 59.5 Å². The molecule has 3 nitrogen and oxygen atoms in total. The second-order valence-corrected chi connectivity index (χ2v) is 9.93. The third-order valence-electron chi connectivity index (χ3n) is 7.87. The first-order valence-corrected chi connectivity index (χ1v) is 12.7. The Morgan fingerprint density at radius 3 is 1.85 bits per heavy atom. The quantitative estimate of drug-likeness (QED) is 0.345. The molecule has 0 radical (unpaired) electrons. The molecule has 5 rings (SSSR count). The number of nitriles is 1. The van der Waals surface area contributed by atoms with Gasteiger partial charge in [0, 0.05) is 18.6 Å². The number of hydrogen-bond acceptors (Lipinski definition) is 3. The van der Waals surface area contributed by atoms with E-state index in [1.807, 2.05) is 42.5 Å². The first kappa shape index (κ1) is 22.7. The molecule has 0 spiro atoms. The van der Waals surface area contributed by atoms with Gasteiger partial charge in [0.25, 0.3) is 0 Å². The molecule has 0 amide bonds. The van der Waals surface area contributed by atoms with E-state index in [0.717, 1.165) is 42.9 Å². The maximum atomic E-state index is 10.6. The smallest absolute Gasteiger partial charge is 0.119 e. The van der Waals surface area contributed by atoms with Gasteiger partial charge in [-0.05, 0) is 67.7 Å². The lowest BCUT2D eigenvalue weighted by atomic mass is 9.68. The summed E-state index contributed by atoms with van der Waals surface area (Å²) in [7, 11) is 0. The van der Waals surface area contributed by atoms with E-state index in [1.165, 1.54) is 25.7 Å². The molecule has 174 valence electrons. The Labute approximate surface area is 204 Å². The van der Waals surface area contributed by atoms with E-state index in [1.54, 1.807) is 0 Å². The fourth-order valence-corrected chi connectivity index (χ4v) is 6.33. The average Bonchev–Trinajstić information content (AvgIpc) is 3.14. The van der Waals surface area contributed by atoms with Crippen molar-refractivity contribution >= 4 is 0 Å². The largest absolute Gasteiger partial charge is 0.494 e. The van der Waals surface area contributed by atoms with Gasteiger partial charge in [0.15, 0.2) is 0 Å². The molecule has 0 aromatic heterocycles. The summed E-state index contributed by atoms with van der Waals surface area (Å²) in [6, 6.07) is 35.0. The standard InChI is InChI=1S/C31H34N2O/c32-24-31(26-11-4-1-5-12-26,27-13-6-2-7-14-27)23-25-21-28-17-18-29(22-25)33(28)19-10-20-34-30-15-8-3-9-16-30/h1-9,11-16,25,28-29H,10,17-23H2. The Morgan fingerprint density at radius 1 is 0.794 bits per heavy atom. The summed E-state index contributed by atoms with van der Waals surface area (Å²) >= 11 is 0. The van der Waals surface area contributed by atoms with E-state index < -0.39 is 5.41 Å². The van der Waals surface area contributed by atoms with Crippen LogP contribution in [0.25, 0.3) is 0 Å². The summed E-state index contributed by atoms with van der Waals surface area (Å²) in [6.45, 7) is 1.87. The number of ether oxygens (including phenoxy) is 1. The van der Waals surface area contributed by atoms with E-state index in [9.17, 15) is 5.26 Å². The SMILES string of the molecule is N#CC(CC1CC2CCC(C1)N2CCCOc1ccccc1)(c1ccccc1)c1ccccc1. The number of para-hydroxylation sites is 1. The number of nitrogens with zero attached hydrogens (tertiary/aromatic N) is 2. The molecule has 2 unspecified atom stereocenters. The minimum absolute atomic E-state index is 0.564. The number of hydrogen-bond donors (Lipinski definition) is 0. The lowest BCUT2D eigenvalue weighted by molar-refractivity contribution is 0.0894. The van der Waals surface area contributed by atoms with Crippen LogP contribution in [0, 0.1) is 17.2 Å². The molecule has 2 bridgehead atoms. The molecule has 2 fully saturated rings. The molecule has 0 aliphatic carbocycles. The van der Waals surface area contributed by atoms with Crippen molar-refractivity contribution in [3.63, 3.8) is 0 Å². The first-order valence-electron chi connectivity index (χ1n) is 12.7. The highest BCUT2D eigenvalue weighted by molar-refractivity contribution is 5.46. The van der Waals surface area contributed by atoms with Crippen molar-refractivity contribution in [1.29, 1.82) is 5.26 Å². The van der Waals surface area contributed by atoms with Crippen LogP contribution in [0.4, 0.5) is 0 Å². The third kappa shape index (κ3) is 4.74. The topological polar surface area (TPSA) is 36.3 Å². The Morgan fingerprint density at radius 2 is 1.32 bits per heavy atom. The molecule has 2 aliphatic heterocycles. The Kier molecular flexibility index (Phi) is 6.97. The second kappa shape index (κ2) is 10.5. The van der Waals surface area contributed by atoms with Crippen LogP contribution < -0.4 is 4.74 Å². The molecule has 0 N–H and O–H groups in total. The van der Waals surface area contributed by atoms with Crippen LogP contribution in [0.3, 0.4) is 0 Å². The van der Waals surface area contributed by atoms with Gasteiger partial charge in [-0.2, -0.15) is 5.26 Å². The molecule has 3 heteroatoms. The number of fused-ring (bicyclic) bond motifs is 2. The Balaban J connectivity index is 1.25. The van der Waals surface area contributed by atoms with Gasteiger partial charge >= 0.3 is 0 Å². The van der Waals surface area contributed by atoms with Crippen molar-refractivity contribution in [2.45, 2.75) is 56.0 Å². The fourth-order valence-electron chi connectivity index (χ4n) is 6.33. The van der Waals surface area contributed by atoms with Crippen molar-refractivity contribution in [3.05, 3.63) is 102 Å². The van der Waals surface area contributed by atoms with Crippen molar-refractivity contribution in [2.75, 3.05) is 13.2 Å². The highest BCUT2D eigenvalue weighted by Crippen LogP contribution is 2.46. The summed E-state index contributed by atoms with van der Waals surface area (Å²) in [5.74, 6) is 1.52. The van der Waals surface area contributed by atoms with Crippen LogP contribution in [-0.2, 0) is 5.41 Å². The van der Waals surface area contributed by atoms with Crippen LogP contribution in [0.15, 0.2) is 91.0 Å². The van der Waals surface area contributed by atoms with Gasteiger partial charge in [0.05, 0.1) is 12.7 Å². The summed E-state index contributed by atoms with van der Waals surface area (Å²) in [5, 5.41) is 10.6. The normalized spacial score (nSPS) is 22.3. The monoisotopic (exact) mass is 450 g/mol. The van der Waals surface area contributed by atoms with E-state index in [4.69, 9.17) is 4.74 Å². The molecule has 2 aliphatic rings. The van der Waals surface area contributed by atoms with Crippen LogP contribution >= 0.6 is 0 Å². The van der Waals surface area contributed by atoms with Crippen molar-refractivity contribution in [2.24, 2.45) is 5.92 Å². The number of rotatable bonds is 9. The molecule has 2 heterocycles. The summed E-state index contributed by atoms with van der Waals surface area (Å²) in [6.07, 6.45) is 6.92. The lowest BCUT2D eigenvalue weighted by Crippen LogP contribution is -2.45. The van der Waals surface area contributed by atoms with Crippen LogP contribution in [-0.4, -0.2) is 30.1 Å². The van der Waals surface area contributed by atoms with Crippen molar-refractivity contribution in [3.8, 4) is 11.8 Å². The molecule has 34 heavy (non-hydrogen) atoms. The highest BCUT2D eigenvalue weighted by Gasteiger charge is 2.44. The average molecular weight is 451 g/mol. The minimum Gasteiger partial charge on any atom is -0.494 e. The van der Waals surface area contributed by atoms with Gasteiger partial charge < -0.3 is 4.74 Å². The van der Waals surface area contributed by atoms with Crippen molar-refractivity contribution < 1.29 is 4.74 Å². The zero-order valence-corrected chi connectivity index (χ0v) is 19.9. The van der Waals surface area contributed by atoms with Crippen LogP contribution in [0.5, 0.6) is 5.75 Å². The van der Waals surface area contributed by atoms with Crippen molar-refractivity contribution in [1.82, 2.24) is 4.90 Å². The molecule has 3 aromatic carbocycles. The summed E-state index contributed by atoms with van der Waals surface area (Å²) in [5.41, 5.74) is 1.66. The second-order valence-electron chi connectivity index (χ2n) is 9.93. The zero-order valence-electron chi connectivity index (χ0n) is 19.9. The minimum atomic E-state index is -0.585. The van der Waals surface area contributed by atoms with Gasteiger partial charge in [-0.15, -0.1) is 0 Å². The number of benzene rings is 3. The van der Waals surface area contributed by atoms with E-state index in [-0.39, 0.29) is 0 Å². The predicted molar refractivity (Wildman–Crippen MR) is 137 cm³/mol. The van der Waals surface area contributed by atoms with E-state index in [0.29, 0.717) is 18.0 Å². The number of piperidine rings is 1. The van der Waals surface area contributed by atoms with Gasteiger partial charge in [0.2, 0.25) is 0 Å². The zero-order chi connectivity index (χ0) is 23.2. The molecule has 0 saturated carbocycles. The molecular formula is C31H34N2O. The maximum absolute atomic E-state index is 10.6. The third-order valence-corrected chi connectivity index (χ3v) is 7.87. The summed E-state index contributed by atoms with van der Waals surface area (Å²) < 4.78 is 5.92. The van der Waals surface area contributed by atoms with Gasteiger partial charge in [-0.25, -0.2) is 0 Å².